The first-order chi connectivity index (χ1) is 7.16. The number of fused-ring (bicyclic) bond motifs is 1. The maximum absolute atomic E-state index is 9.71. The van der Waals surface area contributed by atoms with Gasteiger partial charge in [0.15, 0.2) is 11.5 Å². The Kier molecular flexibility index (Phi) is 2.68. The molecule has 0 saturated heterocycles. The van der Waals surface area contributed by atoms with Crippen molar-refractivity contribution in [2.75, 3.05) is 6.79 Å². The molecule has 0 unspecified atom stereocenters. The van der Waals surface area contributed by atoms with Crippen LogP contribution in [-0.4, -0.2) is 17.9 Å². The molecular formula is C11H15NO3. The lowest BCUT2D eigenvalue weighted by atomic mass is 10.1. The number of hydrogen-bond donors (Lipinski definition) is 2. The predicted molar refractivity (Wildman–Crippen MR) is 56.2 cm³/mol. The van der Waals surface area contributed by atoms with Crippen LogP contribution in [0.4, 0.5) is 0 Å². The van der Waals surface area contributed by atoms with Gasteiger partial charge in [0.2, 0.25) is 6.79 Å². The molecule has 0 aromatic heterocycles. The summed E-state index contributed by atoms with van der Waals surface area (Å²) < 4.78 is 10.4. The van der Waals surface area contributed by atoms with E-state index in [0.717, 1.165) is 5.56 Å². The Hall–Kier alpha value is -1.42. The van der Waals surface area contributed by atoms with Crippen molar-refractivity contribution in [3.63, 3.8) is 0 Å². The molecule has 0 aliphatic carbocycles. The molecule has 0 saturated carbocycles. The highest BCUT2D eigenvalue weighted by Crippen LogP contribution is 2.37. The van der Waals surface area contributed by atoms with Gasteiger partial charge in [0.25, 0.3) is 0 Å². The average molecular weight is 209 g/mol. The predicted octanol–water partition coefficient (Wildman–Crippen LogP) is 1.62. The Bertz CT molecular complexity index is 363. The van der Waals surface area contributed by atoms with Gasteiger partial charge >= 0.3 is 0 Å². The summed E-state index contributed by atoms with van der Waals surface area (Å²) in [6.45, 7) is 4.98. The van der Waals surface area contributed by atoms with Crippen LogP contribution in [0.2, 0.25) is 0 Å². The third kappa shape index (κ3) is 2.15. The van der Waals surface area contributed by atoms with Gasteiger partial charge in [0, 0.05) is 24.2 Å². The van der Waals surface area contributed by atoms with E-state index in [1.54, 1.807) is 6.07 Å². The number of benzene rings is 1. The topological polar surface area (TPSA) is 50.7 Å². The van der Waals surface area contributed by atoms with Crippen LogP contribution in [0.1, 0.15) is 19.4 Å². The Labute approximate surface area is 88.8 Å². The molecule has 0 fully saturated rings. The summed E-state index contributed by atoms with van der Waals surface area (Å²) in [6, 6.07) is 3.79. The van der Waals surface area contributed by atoms with Gasteiger partial charge in [-0.1, -0.05) is 13.8 Å². The molecule has 0 amide bonds. The van der Waals surface area contributed by atoms with E-state index < -0.39 is 0 Å². The molecule has 82 valence electrons. The van der Waals surface area contributed by atoms with Crippen LogP contribution >= 0.6 is 0 Å². The fraction of sp³-hybridized carbons (Fsp3) is 0.455. The number of nitrogens with one attached hydrogen (secondary N) is 1. The minimum absolute atomic E-state index is 0.232. The molecule has 0 radical (unpaired) electrons. The Morgan fingerprint density at radius 2 is 2.00 bits per heavy atom. The van der Waals surface area contributed by atoms with E-state index in [4.69, 9.17) is 9.47 Å². The normalized spacial score (nSPS) is 13.5. The van der Waals surface area contributed by atoms with Crippen molar-refractivity contribution in [3.8, 4) is 17.2 Å². The zero-order chi connectivity index (χ0) is 10.8. The highest BCUT2D eigenvalue weighted by atomic mass is 16.7. The highest BCUT2D eigenvalue weighted by molar-refractivity contribution is 5.51. The molecule has 4 nitrogen and oxygen atoms in total. The largest absolute Gasteiger partial charge is 0.507 e. The summed E-state index contributed by atoms with van der Waals surface area (Å²) in [5.74, 6) is 1.56. The Morgan fingerprint density at radius 3 is 2.67 bits per heavy atom. The van der Waals surface area contributed by atoms with Gasteiger partial charge in [-0.2, -0.15) is 0 Å². The fourth-order valence-electron chi connectivity index (χ4n) is 1.43. The highest BCUT2D eigenvalue weighted by Gasteiger charge is 2.16. The summed E-state index contributed by atoms with van der Waals surface area (Å²) in [5.41, 5.74) is 0.827. The van der Waals surface area contributed by atoms with Gasteiger partial charge in [-0.05, 0) is 6.07 Å². The van der Waals surface area contributed by atoms with Crippen molar-refractivity contribution in [1.29, 1.82) is 0 Å². The summed E-state index contributed by atoms with van der Waals surface area (Å²) in [7, 11) is 0. The zero-order valence-electron chi connectivity index (χ0n) is 8.91. The second-order valence-electron chi connectivity index (χ2n) is 3.87. The van der Waals surface area contributed by atoms with Crippen LogP contribution in [0.15, 0.2) is 12.1 Å². The van der Waals surface area contributed by atoms with Crippen LogP contribution in [0, 0.1) is 0 Å². The van der Waals surface area contributed by atoms with Gasteiger partial charge in [0.1, 0.15) is 5.75 Å². The molecule has 1 aliphatic rings. The first-order valence-electron chi connectivity index (χ1n) is 5.01. The van der Waals surface area contributed by atoms with E-state index in [0.29, 0.717) is 24.1 Å². The molecule has 1 aromatic rings. The van der Waals surface area contributed by atoms with E-state index in [9.17, 15) is 5.11 Å². The van der Waals surface area contributed by atoms with Gasteiger partial charge in [-0.3, -0.25) is 0 Å². The lowest BCUT2D eigenvalue weighted by Crippen LogP contribution is -2.21. The molecule has 4 heteroatoms. The van der Waals surface area contributed by atoms with Crippen molar-refractivity contribution in [2.45, 2.75) is 26.4 Å². The standard InChI is InChI=1S/C11H15NO3/c1-7(2)12-5-8-3-10-11(4-9(8)13)15-6-14-10/h3-4,7,12-13H,5-6H2,1-2H3. The zero-order valence-corrected chi connectivity index (χ0v) is 8.91. The fourth-order valence-corrected chi connectivity index (χ4v) is 1.43. The maximum atomic E-state index is 9.71. The first-order valence-corrected chi connectivity index (χ1v) is 5.01. The molecule has 2 N–H and O–H groups in total. The van der Waals surface area contributed by atoms with Gasteiger partial charge in [-0.25, -0.2) is 0 Å². The number of phenols is 1. The van der Waals surface area contributed by atoms with E-state index in [-0.39, 0.29) is 12.5 Å². The van der Waals surface area contributed by atoms with Crippen molar-refractivity contribution in [2.24, 2.45) is 0 Å². The number of hydrogen-bond acceptors (Lipinski definition) is 4. The van der Waals surface area contributed by atoms with Gasteiger partial charge < -0.3 is 19.9 Å². The third-order valence-corrected chi connectivity index (χ3v) is 2.27. The van der Waals surface area contributed by atoms with Crippen LogP contribution < -0.4 is 14.8 Å². The molecule has 0 spiro atoms. The van der Waals surface area contributed by atoms with Crippen molar-refractivity contribution >= 4 is 0 Å². The van der Waals surface area contributed by atoms with E-state index in [2.05, 4.69) is 19.2 Å². The van der Waals surface area contributed by atoms with Crippen LogP contribution in [0.3, 0.4) is 0 Å². The molecular weight excluding hydrogens is 194 g/mol. The van der Waals surface area contributed by atoms with Gasteiger partial charge in [0.05, 0.1) is 0 Å². The monoisotopic (exact) mass is 209 g/mol. The quantitative estimate of drug-likeness (QED) is 0.794. The maximum Gasteiger partial charge on any atom is 0.231 e. The van der Waals surface area contributed by atoms with Crippen molar-refractivity contribution in [1.82, 2.24) is 5.32 Å². The molecule has 2 rings (SSSR count). The third-order valence-electron chi connectivity index (χ3n) is 2.27. The Balaban J connectivity index is 2.17. The molecule has 1 aromatic carbocycles. The van der Waals surface area contributed by atoms with Crippen molar-refractivity contribution < 1.29 is 14.6 Å². The molecule has 1 aliphatic heterocycles. The second kappa shape index (κ2) is 3.98. The molecule has 0 atom stereocenters. The summed E-state index contributed by atoms with van der Waals surface area (Å²) >= 11 is 0. The lowest BCUT2D eigenvalue weighted by Gasteiger charge is -2.10. The number of rotatable bonds is 3. The second-order valence-corrected chi connectivity index (χ2v) is 3.87. The molecule has 15 heavy (non-hydrogen) atoms. The lowest BCUT2D eigenvalue weighted by molar-refractivity contribution is 0.174. The SMILES string of the molecule is CC(C)NCc1cc2c(cc1O)OCO2. The Morgan fingerprint density at radius 1 is 1.33 bits per heavy atom. The minimum Gasteiger partial charge on any atom is -0.507 e. The van der Waals surface area contributed by atoms with E-state index >= 15 is 0 Å². The van der Waals surface area contributed by atoms with Crippen LogP contribution in [-0.2, 0) is 6.54 Å². The minimum atomic E-state index is 0.232. The smallest absolute Gasteiger partial charge is 0.231 e. The summed E-state index contributed by atoms with van der Waals surface area (Å²) in [5, 5.41) is 12.9. The molecule has 1 heterocycles. The van der Waals surface area contributed by atoms with Crippen LogP contribution in [0.25, 0.3) is 0 Å². The number of phenolic OH excluding ortho intramolecular Hbond substituents is 1. The average Bonchev–Trinajstić information content (AvgIpc) is 2.60. The molecule has 0 bridgehead atoms. The van der Waals surface area contributed by atoms with Crippen LogP contribution in [0.5, 0.6) is 17.2 Å². The van der Waals surface area contributed by atoms with E-state index in [1.165, 1.54) is 0 Å². The number of ether oxygens (including phenoxy) is 2. The summed E-state index contributed by atoms with van der Waals surface area (Å²) in [4.78, 5) is 0. The van der Waals surface area contributed by atoms with Crippen molar-refractivity contribution in [3.05, 3.63) is 17.7 Å². The van der Waals surface area contributed by atoms with E-state index in [1.807, 2.05) is 6.07 Å². The number of aromatic hydroxyl groups is 1. The first kappa shape index (κ1) is 10.1. The van der Waals surface area contributed by atoms with Gasteiger partial charge in [-0.15, -0.1) is 0 Å². The summed E-state index contributed by atoms with van der Waals surface area (Å²) in [6.07, 6.45) is 0.